The van der Waals surface area contributed by atoms with Gasteiger partial charge in [-0.05, 0) is 37.0 Å². The molecule has 2 saturated carbocycles. The van der Waals surface area contributed by atoms with Crippen LogP contribution in [0.1, 0.15) is 50.8 Å². The van der Waals surface area contributed by atoms with Crippen LogP contribution in [0.15, 0.2) is 0 Å². The molecule has 108 valence electrons. The summed E-state index contributed by atoms with van der Waals surface area (Å²) in [4.78, 5) is 18.7. The summed E-state index contributed by atoms with van der Waals surface area (Å²) in [5.41, 5.74) is 0.345. The first-order valence-corrected chi connectivity index (χ1v) is 8.31. The number of hydrogen-bond donors (Lipinski definition) is 1. The molecule has 20 heavy (non-hydrogen) atoms. The maximum atomic E-state index is 12.3. The fraction of sp³-hybridized carbons (Fsp3) is 0.786. The smallest absolute Gasteiger partial charge is 0.323 e. The minimum Gasteiger partial charge on any atom is -0.324 e. The van der Waals surface area contributed by atoms with Gasteiger partial charge < -0.3 is 4.90 Å². The number of anilines is 1. The molecule has 4 rings (SSSR count). The largest absolute Gasteiger partial charge is 0.324 e. The van der Waals surface area contributed by atoms with Crippen LogP contribution in [0.3, 0.4) is 0 Å². The standard InChI is InChI=1S/C14H20N4OS/c1-14-6-2-3-10(14)7-18(8-14)13(19)16-12-15-11(17-20-12)9-4-5-9/h9-10H,2-8H2,1H3,(H,15,16,17,19). The van der Waals surface area contributed by atoms with Crippen LogP contribution < -0.4 is 5.32 Å². The fourth-order valence-corrected chi connectivity index (χ4v) is 4.35. The van der Waals surface area contributed by atoms with Crippen LogP contribution in [0.4, 0.5) is 9.93 Å². The Morgan fingerprint density at radius 2 is 2.30 bits per heavy atom. The molecule has 0 bridgehead atoms. The molecule has 0 aromatic carbocycles. The van der Waals surface area contributed by atoms with Crippen LogP contribution in [0, 0.1) is 11.3 Å². The summed E-state index contributed by atoms with van der Waals surface area (Å²) in [6.45, 7) is 4.11. The summed E-state index contributed by atoms with van der Waals surface area (Å²) in [6.07, 6.45) is 6.22. The minimum atomic E-state index is -0.000813. The molecule has 0 radical (unpaired) electrons. The van der Waals surface area contributed by atoms with Crippen LogP contribution in [0.2, 0.25) is 0 Å². The van der Waals surface area contributed by atoms with Crippen molar-refractivity contribution in [3.63, 3.8) is 0 Å². The number of fused-ring (bicyclic) bond motifs is 1. The first-order valence-electron chi connectivity index (χ1n) is 7.54. The van der Waals surface area contributed by atoms with E-state index in [9.17, 15) is 4.79 Å². The lowest BCUT2D eigenvalue weighted by Crippen LogP contribution is -2.34. The quantitative estimate of drug-likeness (QED) is 0.911. The third-order valence-electron chi connectivity index (χ3n) is 5.16. The minimum absolute atomic E-state index is 0.000813. The number of likely N-dealkylation sites (tertiary alicyclic amines) is 1. The summed E-state index contributed by atoms with van der Waals surface area (Å²) in [6, 6.07) is -0.000813. The van der Waals surface area contributed by atoms with Crippen molar-refractivity contribution in [2.75, 3.05) is 18.4 Å². The van der Waals surface area contributed by atoms with Crippen LogP contribution in [-0.4, -0.2) is 33.4 Å². The van der Waals surface area contributed by atoms with Gasteiger partial charge in [-0.3, -0.25) is 5.32 Å². The van der Waals surface area contributed by atoms with Crippen molar-refractivity contribution in [2.45, 2.75) is 44.9 Å². The zero-order valence-corrected chi connectivity index (χ0v) is 12.6. The highest BCUT2D eigenvalue weighted by molar-refractivity contribution is 7.09. The number of amides is 2. The summed E-state index contributed by atoms with van der Waals surface area (Å²) in [5, 5.41) is 3.58. The number of carbonyl (C=O) groups excluding carboxylic acids is 1. The van der Waals surface area contributed by atoms with Gasteiger partial charge in [-0.15, -0.1) is 0 Å². The van der Waals surface area contributed by atoms with Gasteiger partial charge in [-0.2, -0.15) is 4.37 Å². The van der Waals surface area contributed by atoms with E-state index >= 15 is 0 Å². The number of nitrogens with zero attached hydrogens (tertiary/aromatic N) is 3. The summed E-state index contributed by atoms with van der Waals surface area (Å²) in [5.74, 6) is 2.14. The molecule has 1 aromatic rings. The van der Waals surface area contributed by atoms with E-state index in [1.165, 1.54) is 43.6 Å². The molecule has 6 heteroatoms. The molecular weight excluding hydrogens is 272 g/mol. The van der Waals surface area contributed by atoms with Gasteiger partial charge in [0, 0.05) is 30.5 Å². The highest BCUT2D eigenvalue weighted by atomic mass is 32.1. The van der Waals surface area contributed by atoms with Crippen molar-refractivity contribution in [1.82, 2.24) is 14.3 Å². The van der Waals surface area contributed by atoms with Crippen molar-refractivity contribution in [3.05, 3.63) is 5.82 Å². The number of aromatic nitrogens is 2. The fourth-order valence-electron chi connectivity index (χ4n) is 3.71. The maximum Gasteiger partial charge on any atom is 0.323 e. The second-order valence-electron chi connectivity index (χ2n) is 6.79. The summed E-state index contributed by atoms with van der Waals surface area (Å²) >= 11 is 1.31. The van der Waals surface area contributed by atoms with E-state index in [0.29, 0.717) is 22.4 Å². The van der Waals surface area contributed by atoms with Crippen molar-refractivity contribution < 1.29 is 4.79 Å². The van der Waals surface area contributed by atoms with Crippen molar-refractivity contribution in [1.29, 1.82) is 0 Å². The molecule has 2 heterocycles. The SMILES string of the molecule is CC12CCCC1CN(C(=O)Nc1nc(C3CC3)ns1)C2. The predicted molar refractivity (Wildman–Crippen MR) is 77.9 cm³/mol. The molecule has 2 atom stereocenters. The molecule has 5 nitrogen and oxygen atoms in total. The van der Waals surface area contributed by atoms with E-state index in [1.807, 2.05) is 4.90 Å². The highest BCUT2D eigenvalue weighted by Gasteiger charge is 2.47. The van der Waals surface area contributed by atoms with Crippen molar-refractivity contribution >= 4 is 22.7 Å². The Balaban J connectivity index is 1.40. The molecule has 1 aliphatic heterocycles. The lowest BCUT2D eigenvalue weighted by atomic mass is 9.83. The Morgan fingerprint density at radius 1 is 1.45 bits per heavy atom. The molecule has 2 unspecified atom stereocenters. The lowest BCUT2D eigenvalue weighted by molar-refractivity contribution is 0.214. The molecular formula is C14H20N4OS. The number of urea groups is 1. The van der Waals surface area contributed by atoms with Gasteiger partial charge in [0.05, 0.1) is 0 Å². The van der Waals surface area contributed by atoms with Crippen molar-refractivity contribution in [3.8, 4) is 0 Å². The maximum absolute atomic E-state index is 12.3. The molecule has 1 aromatic heterocycles. The number of hydrogen-bond acceptors (Lipinski definition) is 4. The first-order chi connectivity index (χ1) is 9.64. The van der Waals surface area contributed by atoms with Gasteiger partial charge in [0.25, 0.3) is 0 Å². The van der Waals surface area contributed by atoms with E-state index in [-0.39, 0.29) is 6.03 Å². The van der Waals surface area contributed by atoms with Crippen LogP contribution >= 0.6 is 11.5 Å². The molecule has 2 amide bonds. The number of nitrogens with one attached hydrogen (secondary N) is 1. The molecule has 1 saturated heterocycles. The third kappa shape index (κ3) is 2.10. The van der Waals surface area contributed by atoms with E-state index in [1.54, 1.807) is 0 Å². The molecule has 3 aliphatic rings. The Hall–Kier alpha value is -1.17. The van der Waals surface area contributed by atoms with Gasteiger partial charge in [0.1, 0.15) is 5.82 Å². The van der Waals surface area contributed by atoms with Crippen LogP contribution in [-0.2, 0) is 0 Å². The van der Waals surface area contributed by atoms with Gasteiger partial charge in [-0.25, -0.2) is 9.78 Å². The van der Waals surface area contributed by atoms with E-state index < -0.39 is 0 Å². The first kappa shape index (κ1) is 12.6. The summed E-state index contributed by atoms with van der Waals surface area (Å²) < 4.78 is 4.33. The van der Waals surface area contributed by atoms with Crippen LogP contribution in [0.5, 0.6) is 0 Å². The second-order valence-corrected chi connectivity index (χ2v) is 7.54. The Kier molecular flexibility index (Phi) is 2.77. The van der Waals surface area contributed by atoms with Gasteiger partial charge in [0.15, 0.2) is 0 Å². The third-order valence-corrected chi connectivity index (χ3v) is 5.81. The molecule has 0 spiro atoms. The normalized spacial score (nSPS) is 32.5. The zero-order chi connectivity index (χ0) is 13.7. The van der Waals surface area contributed by atoms with Gasteiger partial charge in [0.2, 0.25) is 5.13 Å². The predicted octanol–water partition coefficient (Wildman–Crippen LogP) is 3.07. The van der Waals surface area contributed by atoms with E-state index in [0.717, 1.165) is 18.9 Å². The molecule has 3 fully saturated rings. The average molecular weight is 292 g/mol. The average Bonchev–Trinajstić information content (AvgIpc) is 2.91. The Labute approximate surface area is 122 Å². The van der Waals surface area contributed by atoms with Crippen molar-refractivity contribution in [2.24, 2.45) is 11.3 Å². The highest BCUT2D eigenvalue weighted by Crippen LogP contribution is 2.48. The zero-order valence-electron chi connectivity index (χ0n) is 11.8. The second kappa shape index (κ2) is 4.41. The van der Waals surface area contributed by atoms with Gasteiger partial charge >= 0.3 is 6.03 Å². The number of rotatable bonds is 2. The lowest BCUT2D eigenvalue weighted by Gasteiger charge is -2.22. The summed E-state index contributed by atoms with van der Waals surface area (Å²) in [7, 11) is 0. The topological polar surface area (TPSA) is 58.1 Å². The molecule has 2 aliphatic carbocycles. The van der Waals surface area contributed by atoms with E-state index in [4.69, 9.17) is 0 Å². The Bertz CT molecular complexity index is 541. The van der Waals surface area contributed by atoms with Gasteiger partial charge in [-0.1, -0.05) is 13.3 Å². The number of carbonyl (C=O) groups is 1. The van der Waals surface area contributed by atoms with Crippen LogP contribution in [0.25, 0.3) is 0 Å². The Morgan fingerprint density at radius 3 is 3.05 bits per heavy atom. The van der Waals surface area contributed by atoms with E-state index in [2.05, 4.69) is 21.6 Å². The molecule has 1 N–H and O–H groups in total. The monoisotopic (exact) mass is 292 g/mol.